The molecule has 160 valence electrons. The van der Waals surface area contributed by atoms with Crippen molar-refractivity contribution >= 4 is 39.8 Å². The van der Waals surface area contributed by atoms with Gasteiger partial charge in [-0.2, -0.15) is 0 Å². The Morgan fingerprint density at radius 1 is 0.818 bits per heavy atom. The first kappa shape index (κ1) is 20.0. The number of hydrogen-bond donors (Lipinski definition) is 1. The van der Waals surface area contributed by atoms with Gasteiger partial charge >= 0.3 is 5.63 Å². The molecule has 0 fully saturated rings. The highest BCUT2D eigenvalue weighted by Gasteiger charge is 2.29. The molecular weight excluding hydrogens is 428 g/mol. The maximum Gasteiger partial charge on any atom is 0.349 e. The summed E-state index contributed by atoms with van der Waals surface area (Å²) in [7, 11) is 0. The van der Waals surface area contributed by atoms with E-state index in [1.54, 1.807) is 24.3 Å². The highest BCUT2D eigenvalue weighted by Crippen LogP contribution is 2.29. The Kier molecular flexibility index (Phi) is 4.45. The van der Waals surface area contributed by atoms with E-state index in [9.17, 15) is 29.3 Å². The van der Waals surface area contributed by atoms with E-state index < -0.39 is 16.5 Å². The molecule has 0 radical (unpaired) electrons. The SMILES string of the molecule is O=C1c2ccccc2C(=O)c2cc(NC(=O)c3cc4cc([N+](=O)[O-])ccc4oc3=O)ccc21. The predicted octanol–water partition coefficient (Wildman–Crippen LogP) is 3.73. The Morgan fingerprint density at radius 2 is 1.48 bits per heavy atom. The second-order valence-corrected chi connectivity index (χ2v) is 7.35. The fourth-order valence-electron chi connectivity index (χ4n) is 3.76. The number of carbonyl (C=O) groups is 3. The van der Waals surface area contributed by atoms with Gasteiger partial charge in [-0.3, -0.25) is 24.5 Å². The van der Waals surface area contributed by atoms with Gasteiger partial charge in [-0.1, -0.05) is 24.3 Å². The third-order valence-electron chi connectivity index (χ3n) is 5.35. The Morgan fingerprint density at radius 3 is 2.18 bits per heavy atom. The van der Waals surface area contributed by atoms with Gasteiger partial charge < -0.3 is 9.73 Å². The molecule has 1 amide bonds. The molecule has 0 spiro atoms. The molecule has 0 bridgehead atoms. The number of hydrogen-bond acceptors (Lipinski definition) is 7. The molecule has 9 heteroatoms. The highest BCUT2D eigenvalue weighted by atomic mass is 16.6. The van der Waals surface area contributed by atoms with Crippen LogP contribution in [0.25, 0.3) is 11.0 Å². The summed E-state index contributed by atoms with van der Waals surface area (Å²) in [6, 6.07) is 15.6. The number of nitro groups is 1. The summed E-state index contributed by atoms with van der Waals surface area (Å²) in [6.07, 6.45) is 0. The Labute approximate surface area is 184 Å². The summed E-state index contributed by atoms with van der Waals surface area (Å²) in [6.45, 7) is 0. The molecule has 0 saturated carbocycles. The maximum absolute atomic E-state index is 12.9. The van der Waals surface area contributed by atoms with Crippen molar-refractivity contribution in [1.29, 1.82) is 0 Å². The molecule has 0 atom stereocenters. The lowest BCUT2D eigenvalue weighted by Crippen LogP contribution is -2.23. The lowest BCUT2D eigenvalue weighted by Gasteiger charge is -2.18. The van der Waals surface area contributed by atoms with Gasteiger partial charge in [0.2, 0.25) is 0 Å². The number of nitrogens with one attached hydrogen (secondary N) is 1. The zero-order valence-electron chi connectivity index (χ0n) is 16.7. The second kappa shape index (κ2) is 7.34. The zero-order valence-corrected chi connectivity index (χ0v) is 16.7. The molecule has 5 rings (SSSR count). The molecule has 9 nitrogen and oxygen atoms in total. The number of benzene rings is 3. The third-order valence-corrected chi connectivity index (χ3v) is 5.35. The van der Waals surface area contributed by atoms with Crippen molar-refractivity contribution in [2.45, 2.75) is 0 Å². The molecule has 0 saturated heterocycles. The standard InChI is InChI=1S/C24H12N2O7/c27-21-15-3-1-2-4-16(15)22(28)18-11-13(5-7-17(18)21)25-23(29)19-10-12-9-14(26(31)32)6-8-20(12)33-24(19)30/h1-11H,(H,25,29). The van der Waals surface area contributed by atoms with Crippen LogP contribution < -0.4 is 10.9 Å². The number of amides is 1. The fraction of sp³-hybridized carbons (Fsp3) is 0. The van der Waals surface area contributed by atoms with Crippen molar-refractivity contribution in [2.75, 3.05) is 5.32 Å². The van der Waals surface area contributed by atoms with E-state index in [-0.39, 0.29) is 56.2 Å². The number of rotatable bonds is 3. The van der Waals surface area contributed by atoms with Crippen LogP contribution in [-0.2, 0) is 0 Å². The van der Waals surface area contributed by atoms with Gasteiger partial charge in [0, 0.05) is 45.5 Å². The summed E-state index contributed by atoms with van der Waals surface area (Å²) < 4.78 is 5.11. The molecular formula is C24H12N2O7. The van der Waals surface area contributed by atoms with Crippen LogP contribution in [-0.4, -0.2) is 22.4 Å². The van der Waals surface area contributed by atoms with Crippen LogP contribution in [0.1, 0.15) is 42.2 Å². The van der Waals surface area contributed by atoms with Crippen LogP contribution in [0.5, 0.6) is 0 Å². The van der Waals surface area contributed by atoms with Gasteiger partial charge in [-0.15, -0.1) is 0 Å². The number of fused-ring (bicyclic) bond motifs is 3. The topological polar surface area (TPSA) is 137 Å². The van der Waals surface area contributed by atoms with E-state index in [1.165, 1.54) is 42.5 Å². The van der Waals surface area contributed by atoms with E-state index in [0.29, 0.717) is 5.56 Å². The molecule has 1 aliphatic rings. The maximum atomic E-state index is 12.9. The third kappa shape index (κ3) is 3.28. The molecule has 0 aliphatic heterocycles. The van der Waals surface area contributed by atoms with Gasteiger partial charge in [0.1, 0.15) is 11.1 Å². The van der Waals surface area contributed by atoms with E-state index in [0.717, 1.165) is 0 Å². The Hall–Kier alpha value is -4.92. The number of anilines is 1. The number of nitrogens with zero attached hydrogens (tertiary/aromatic N) is 1. The average Bonchev–Trinajstić information content (AvgIpc) is 2.81. The van der Waals surface area contributed by atoms with E-state index in [2.05, 4.69) is 5.32 Å². The first-order chi connectivity index (χ1) is 15.8. The monoisotopic (exact) mass is 440 g/mol. The fourth-order valence-corrected chi connectivity index (χ4v) is 3.76. The Bertz CT molecular complexity index is 1600. The first-order valence-corrected chi connectivity index (χ1v) is 9.69. The van der Waals surface area contributed by atoms with E-state index in [1.807, 2.05) is 0 Å². The van der Waals surface area contributed by atoms with Gasteiger partial charge in [0.25, 0.3) is 11.6 Å². The molecule has 1 heterocycles. The summed E-state index contributed by atoms with van der Waals surface area (Å²) in [4.78, 5) is 61.0. The smallest absolute Gasteiger partial charge is 0.349 e. The van der Waals surface area contributed by atoms with Gasteiger partial charge in [-0.25, -0.2) is 4.79 Å². The zero-order chi connectivity index (χ0) is 23.3. The van der Waals surface area contributed by atoms with Crippen molar-refractivity contribution in [3.63, 3.8) is 0 Å². The van der Waals surface area contributed by atoms with E-state index in [4.69, 9.17) is 4.42 Å². The molecule has 1 N–H and O–H groups in total. The summed E-state index contributed by atoms with van der Waals surface area (Å²) in [5.74, 6) is -1.48. The minimum atomic E-state index is -0.924. The van der Waals surface area contributed by atoms with Crippen LogP contribution in [0.15, 0.2) is 75.9 Å². The summed E-state index contributed by atoms with van der Waals surface area (Å²) in [5, 5.41) is 13.7. The molecule has 1 aliphatic carbocycles. The lowest BCUT2D eigenvalue weighted by molar-refractivity contribution is -0.384. The normalized spacial score (nSPS) is 12.2. The van der Waals surface area contributed by atoms with E-state index >= 15 is 0 Å². The number of carbonyl (C=O) groups excluding carboxylic acids is 3. The van der Waals surface area contributed by atoms with Crippen molar-refractivity contribution in [2.24, 2.45) is 0 Å². The molecule has 3 aromatic carbocycles. The van der Waals surface area contributed by atoms with Crippen LogP contribution in [0.2, 0.25) is 0 Å². The second-order valence-electron chi connectivity index (χ2n) is 7.35. The molecule has 0 unspecified atom stereocenters. The summed E-state index contributed by atoms with van der Waals surface area (Å²) >= 11 is 0. The average molecular weight is 440 g/mol. The quantitative estimate of drug-likeness (QED) is 0.256. The highest BCUT2D eigenvalue weighted by molar-refractivity contribution is 6.28. The summed E-state index contributed by atoms with van der Waals surface area (Å²) in [5.41, 5.74) is -0.283. The first-order valence-electron chi connectivity index (χ1n) is 9.69. The van der Waals surface area contributed by atoms with Crippen LogP contribution in [0.3, 0.4) is 0 Å². The van der Waals surface area contributed by atoms with Gasteiger partial charge in [0.05, 0.1) is 4.92 Å². The van der Waals surface area contributed by atoms with Crippen molar-refractivity contribution < 1.29 is 23.7 Å². The lowest BCUT2D eigenvalue weighted by atomic mass is 9.84. The molecule has 33 heavy (non-hydrogen) atoms. The number of ketones is 2. The minimum absolute atomic E-state index is 0.0960. The van der Waals surface area contributed by atoms with Crippen molar-refractivity contribution in [3.05, 3.63) is 115 Å². The number of non-ortho nitro benzene ring substituents is 1. The van der Waals surface area contributed by atoms with Crippen molar-refractivity contribution in [3.8, 4) is 0 Å². The molecule has 1 aromatic heterocycles. The van der Waals surface area contributed by atoms with Crippen molar-refractivity contribution in [1.82, 2.24) is 0 Å². The predicted molar refractivity (Wildman–Crippen MR) is 117 cm³/mol. The molecule has 4 aromatic rings. The van der Waals surface area contributed by atoms with Gasteiger partial charge in [0.15, 0.2) is 11.6 Å². The largest absolute Gasteiger partial charge is 0.422 e. The van der Waals surface area contributed by atoms with Crippen LogP contribution >= 0.6 is 0 Å². The number of nitro benzene ring substituents is 1. The van der Waals surface area contributed by atoms with Crippen LogP contribution in [0.4, 0.5) is 11.4 Å². The minimum Gasteiger partial charge on any atom is -0.422 e. The van der Waals surface area contributed by atoms with Crippen LogP contribution in [0, 0.1) is 10.1 Å². The van der Waals surface area contributed by atoms with Gasteiger partial charge in [-0.05, 0) is 30.3 Å². The Balaban J connectivity index is 1.50.